The number of carbonyl (C=O) groups is 2. The van der Waals surface area contributed by atoms with Gasteiger partial charge in [-0.2, -0.15) is 0 Å². The maximum atomic E-state index is 10.7. The summed E-state index contributed by atoms with van der Waals surface area (Å²) in [6.07, 6.45) is 0. The van der Waals surface area contributed by atoms with Crippen LogP contribution in [0.1, 0.15) is 25.0 Å². The smallest absolute Gasteiger partial charge is 0.550 e. The molecule has 0 aliphatic heterocycles. The van der Waals surface area contributed by atoms with Crippen LogP contribution in [0, 0.1) is 20.2 Å². The number of nitro groups is 2. The van der Waals surface area contributed by atoms with Crippen LogP contribution in [-0.2, 0) is 26.3 Å². The fourth-order valence-corrected chi connectivity index (χ4v) is 3.82. The molecule has 2 aromatic rings. The molecule has 0 amide bonds. The molecule has 10 nitrogen and oxygen atoms in total. The Morgan fingerprint density at radius 2 is 1.28 bits per heavy atom. The number of benzene rings is 2. The third kappa shape index (κ3) is 13.1. The van der Waals surface area contributed by atoms with Gasteiger partial charge in [0.25, 0.3) is 11.4 Å². The predicted molar refractivity (Wildman–Crippen MR) is 120 cm³/mol. The van der Waals surface area contributed by atoms with Crippen molar-refractivity contribution >= 4 is 71.1 Å². The van der Waals surface area contributed by atoms with E-state index in [1.54, 1.807) is 24.3 Å². The summed E-state index contributed by atoms with van der Waals surface area (Å²) in [6, 6.07) is 9.49. The second kappa shape index (κ2) is 17.7. The summed E-state index contributed by atoms with van der Waals surface area (Å²) >= 11 is 9.60. The van der Waals surface area contributed by atoms with Crippen molar-refractivity contribution in [2.75, 3.05) is 0 Å². The summed E-state index contributed by atoms with van der Waals surface area (Å²) in [6.45, 7) is 2.12. The molecular formula is C18H16Br3KN2O8. The molecule has 0 N–H and O–H groups in total. The van der Waals surface area contributed by atoms with Crippen LogP contribution in [0.2, 0.25) is 0 Å². The van der Waals surface area contributed by atoms with Crippen LogP contribution < -0.4 is 56.5 Å². The van der Waals surface area contributed by atoms with Crippen molar-refractivity contribution in [1.29, 1.82) is 0 Å². The number of hydrogen-bond donors (Lipinski definition) is 0. The van der Waals surface area contributed by atoms with Crippen molar-refractivity contribution in [2.24, 2.45) is 0 Å². The molecule has 0 heterocycles. The molecule has 0 aromatic heterocycles. The first-order valence-electron chi connectivity index (χ1n) is 8.12. The first-order chi connectivity index (χ1) is 14.4. The van der Waals surface area contributed by atoms with Crippen LogP contribution in [-0.4, -0.2) is 21.8 Å². The predicted octanol–water partition coefficient (Wildman–Crippen LogP) is 1.43. The molecule has 0 spiro atoms. The van der Waals surface area contributed by atoms with Crippen molar-refractivity contribution in [3.05, 3.63) is 76.7 Å². The standard InChI is InChI=1S/C9H8BrNO4.C7H5Br2NO2.C2H4O2.K/c1-6(12)15-5-7-8(10)3-2-4-9(7)11(13)14;8-4-5-6(9)2-1-3-7(5)10(11)12;1-2(3)4;/h2-4H,5H2,1H3;1-3H,4H2;1H3,(H,3,4);/q;;;+1/p-1. The Kier molecular flexibility index (Phi) is 18.5. The van der Waals surface area contributed by atoms with E-state index in [1.807, 2.05) is 0 Å². The molecule has 0 fully saturated rings. The van der Waals surface area contributed by atoms with Gasteiger partial charge in [0.2, 0.25) is 0 Å². The van der Waals surface area contributed by atoms with Gasteiger partial charge < -0.3 is 14.6 Å². The molecule has 14 heteroatoms. The van der Waals surface area contributed by atoms with Crippen molar-refractivity contribution in [2.45, 2.75) is 25.8 Å². The zero-order valence-electron chi connectivity index (χ0n) is 17.2. The zero-order chi connectivity index (χ0) is 24.1. The number of esters is 1. The molecule has 0 aliphatic carbocycles. The minimum Gasteiger partial charge on any atom is -0.550 e. The first-order valence-corrected chi connectivity index (χ1v) is 10.8. The molecule has 0 aliphatic rings. The zero-order valence-corrected chi connectivity index (χ0v) is 25.1. The van der Waals surface area contributed by atoms with Crippen molar-refractivity contribution < 1.29 is 80.7 Å². The number of carboxylic acids is 1. The second-order valence-electron chi connectivity index (χ2n) is 5.39. The number of ether oxygens (including phenoxy) is 1. The topological polar surface area (TPSA) is 153 Å². The number of hydrogen-bond acceptors (Lipinski definition) is 8. The van der Waals surface area contributed by atoms with E-state index in [0.29, 0.717) is 20.9 Å². The number of nitro benzene ring substituents is 2. The van der Waals surface area contributed by atoms with Crippen LogP contribution in [0.4, 0.5) is 11.4 Å². The van der Waals surface area contributed by atoms with E-state index in [2.05, 4.69) is 47.8 Å². The minimum absolute atomic E-state index is 0. The van der Waals surface area contributed by atoms with E-state index in [-0.39, 0.29) is 74.3 Å². The number of carbonyl (C=O) groups excluding carboxylic acids is 2. The van der Waals surface area contributed by atoms with E-state index in [0.717, 1.165) is 11.4 Å². The number of alkyl halides is 1. The van der Waals surface area contributed by atoms with E-state index in [1.165, 1.54) is 19.1 Å². The third-order valence-corrected chi connectivity index (χ3v) is 5.18. The molecule has 0 unspecified atom stereocenters. The molecule has 0 saturated heterocycles. The molecule has 0 atom stereocenters. The Morgan fingerprint density at radius 1 is 0.906 bits per heavy atom. The summed E-state index contributed by atoms with van der Waals surface area (Å²) in [5.74, 6) is -1.56. The largest absolute Gasteiger partial charge is 1.00 e. The maximum absolute atomic E-state index is 10.7. The Balaban J connectivity index is 0. The monoisotopic (exact) mass is 664 g/mol. The number of aliphatic carboxylic acids is 1. The summed E-state index contributed by atoms with van der Waals surface area (Å²) in [4.78, 5) is 39.8. The van der Waals surface area contributed by atoms with Gasteiger partial charge in [-0.25, -0.2) is 0 Å². The maximum Gasteiger partial charge on any atom is 1.00 e. The molecule has 0 bridgehead atoms. The Bertz CT molecular complexity index is 956. The summed E-state index contributed by atoms with van der Waals surface area (Å²) in [5.41, 5.74) is 1.10. The molecule has 32 heavy (non-hydrogen) atoms. The minimum atomic E-state index is -1.08. The van der Waals surface area contributed by atoms with Gasteiger partial charge in [-0.3, -0.25) is 25.0 Å². The fraction of sp³-hybridized carbons (Fsp3) is 0.222. The molecular weight excluding hydrogens is 651 g/mol. The van der Waals surface area contributed by atoms with Crippen molar-refractivity contribution in [3.8, 4) is 0 Å². The van der Waals surface area contributed by atoms with E-state index >= 15 is 0 Å². The Morgan fingerprint density at radius 3 is 1.59 bits per heavy atom. The van der Waals surface area contributed by atoms with Crippen molar-refractivity contribution in [1.82, 2.24) is 0 Å². The second-order valence-corrected chi connectivity index (χ2v) is 7.66. The van der Waals surface area contributed by atoms with Crippen molar-refractivity contribution in [3.63, 3.8) is 0 Å². The third-order valence-electron chi connectivity index (χ3n) is 3.14. The number of nitrogens with zero attached hydrogens (tertiary/aromatic N) is 2. The molecule has 168 valence electrons. The number of rotatable bonds is 5. The summed E-state index contributed by atoms with van der Waals surface area (Å²) in [7, 11) is 0. The van der Waals surface area contributed by atoms with Crippen LogP contribution in [0.5, 0.6) is 0 Å². The van der Waals surface area contributed by atoms with Gasteiger partial charge >= 0.3 is 57.4 Å². The number of halogens is 3. The van der Waals surface area contributed by atoms with Gasteiger partial charge in [-0.1, -0.05) is 59.9 Å². The number of carboxylic acid groups (broad SMARTS) is 1. The molecule has 2 aromatic carbocycles. The Hall–Kier alpha value is -0.744. The van der Waals surface area contributed by atoms with Crippen LogP contribution in [0.3, 0.4) is 0 Å². The van der Waals surface area contributed by atoms with E-state index < -0.39 is 16.9 Å². The SMILES string of the molecule is CC(=O)OCc1c(Br)cccc1[N+](=O)[O-].CC(=O)[O-].O=[N+]([O-])c1cccc(Br)c1CBr.[K+]. The summed E-state index contributed by atoms with van der Waals surface area (Å²) in [5, 5.41) is 30.5. The Labute approximate surface area is 251 Å². The van der Waals surface area contributed by atoms with Crippen LogP contribution >= 0.6 is 47.8 Å². The van der Waals surface area contributed by atoms with Crippen LogP contribution in [0.25, 0.3) is 0 Å². The fourth-order valence-electron chi connectivity index (χ4n) is 1.89. The first kappa shape index (κ1) is 33.4. The van der Waals surface area contributed by atoms with Crippen LogP contribution in [0.15, 0.2) is 45.3 Å². The van der Waals surface area contributed by atoms with Gasteiger partial charge in [-0.15, -0.1) is 0 Å². The molecule has 2 rings (SSSR count). The summed E-state index contributed by atoms with van der Waals surface area (Å²) < 4.78 is 6.04. The van der Waals surface area contributed by atoms with E-state index in [4.69, 9.17) is 14.6 Å². The van der Waals surface area contributed by atoms with Gasteiger partial charge in [0.15, 0.2) is 0 Å². The van der Waals surface area contributed by atoms with Gasteiger partial charge in [0, 0.05) is 39.3 Å². The van der Waals surface area contributed by atoms with Gasteiger partial charge in [0.05, 0.1) is 21.0 Å². The average molecular weight is 667 g/mol. The van der Waals surface area contributed by atoms with Gasteiger partial charge in [0.1, 0.15) is 6.61 Å². The normalized spacial score (nSPS) is 9.03. The molecule has 0 radical (unpaired) electrons. The van der Waals surface area contributed by atoms with Gasteiger partial charge in [-0.05, 0) is 19.1 Å². The molecule has 0 saturated carbocycles. The van der Waals surface area contributed by atoms with E-state index in [9.17, 15) is 25.0 Å². The quantitative estimate of drug-likeness (QED) is 0.153. The average Bonchev–Trinajstić information content (AvgIpc) is 2.66.